The zero-order valence-electron chi connectivity index (χ0n) is 19.5. The lowest BCUT2D eigenvalue weighted by atomic mass is 10.1. The predicted octanol–water partition coefficient (Wildman–Crippen LogP) is 3.59. The maximum atomic E-state index is 13.2. The minimum absolute atomic E-state index is 0.200. The number of aromatic amines is 1. The number of morpholine rings is 1. The molecule has 2 saturated heterocycles. The molecule has 2 aliphatic rings. The van der Waals surface area contributed by atoms with Crippen LogP contribution in [0.15, 0.2) is 48.8 Å². The van der Waals surface area contributed by atoms with E-state index in [0.29, 0.717) is 5.69 Å². The van der Waals surface area contributed by atoms with Crippen molar-refractivity contribution >= 4 is 17.3 Å². The van der Waals surface area contributed by atoms with E-state index >= 15 is 0 Å². The van der Waals surface area contributed by atoms with Gasteiger partial charge in [-0.25, -0.2) is 4.98 Å². The lowest BCUT2D eigenvalue weighted by Crippen LogP contribution is -2.37. The number of H-pyrrole nitrogens is 1. The number of nitrogens with one attached hydrogen (secondary N) is 2. The average molecular weight is 461 g/mol. The van der Waals surface area contributed by atoms with Crippen molar-refractivity contribution in [3.05, 3.63) is 60.0 Å². The Morgan fingerprint density at radius 1 is 1.06 bits per heavy atom. The van der Waals surface area contributed by atoms with Crippen LogP contribution >= 0.6 is 0 Å². The van der Waals surface area contributed by atoms with Crippen LogP contribution in [0.25, 0.3) is 11.3 Å². The second kappa shape index (κ2) is 10.8. The molecule has 34 heavy (non-hydrogen) atoms. The van der Waals surface area contributed by atoms with Crippen LogP contribution in [0.3, 0.4) is 0 Å². The molecule has 1 amide bonds. The first-order chi connectivity index (χ1) is 16.8. The molecule has 2 aromatic heterocycles. The number of anilines is 2. The van der Waals surface area contributed by atoms with E-state index in [0.717, 1.165) is 75.0 Å². The highest BCUT2D eigenvalue weighted by atomic mass is 16.5. The van der Waals surface area contributed by atoms with Gasteiger partial charge < -0.3 is 15.0 Å². The molecule has 3 aromatic rings. The standard InChI is InChI=1S/C26H32N6O2/c33-26(23-6-4-5-22(29-23)21-18-27-28-19-21)30-24-17-20(9-12-31-13-15-34-16-14-31)7-8-25(24)32-10-2-1-3-11-32/h4-8,17-19H,1-3,9-16H2,(H,27,28)(H,30,33). The van der Waals surface area contributed by atoms with Gasteiger partial charge in [-0.3, -0.25) is 14.8 Å². The summed E-state index contributed by atoms with van der Waals surface area (Å²) in [6.07, 6.45) is 8.05. The third-order valence-corrected chi connectivity index (χ3v) is 6.60. The minimum atomic E-state index is -0.200. The first-order valence-electron chi connectivity index (χ1n) is 12.2. The molecule has 0 atom stereocenters. The highest BCUT2D eigenvalue weighted by Gasteiger charge is 2.19. The van der Waals surface area contributed by atoms with Gasteiger partial charge >= 0.3 is 0 Å². The third kappa shape index (κ3) is 5.46. The fourth-order valence-electron chi connectivity index (χ4n) is 4.66. The maximum absolute atomic E-state index is 13.2. The molecule has 0 unspecified atom stereocenters. The van der Waals surface area contributed by atoms with Crippen molar-refractivity contribution in [1.82, 2.24) is 20.1 Å². The summed E-state index contributed by atoms with van der Waals surface area (Å²) >= 11 is 0. The summed E-state index contributed by atoms with van der Waals surface area (Å²) in [5, 5.41) is 9.95. The molecule has 0 radical (unpaired) electrons. The number of hydrogen-bond acceptors (Lipinski definition) is 6. The summed E-state index contributed by atoms with van der Waals surface area (Å²) in [5.41, 5.74) is 5.14. The maximum Gasteiger partial charge on any atom is 0.274 e. The van der Waals surface area contributed by atoms with Crippen LogP contribution in [0.1, 0.15) is 35.3 Å². The van der Waals surface area contributed by atoms with E-state index in [-0.39, 0.29) is 5.91 Å². The summed E-state index contributed by atoms with van der Waals surface area (Å²) in [6.45, 7) is 6.60. The van der Waals surface area contributed by atoms with Crippen molar-refractivity contribution in [1.29, 1.82) is 0 Å². The zero-order chi connectivity index (χ0) is 23.2. The lowest BCUT2D eigenvalue weighted by molar-refractivity contribution is 0.0384. The smallest absolute Gasteiger partial charge is 0.274 e. The van der Waals surface area contributed by atoms with E-state index in [4.69, 9.17) is 4.74 Å². The monoisotopic (exact) mass is 460 g/mol. The van der Waals surface area contributed by atoms with Crippen LogP contribution in [-0.2, 0) is 11.2 Å². The number of carbonyl (C=O) groups is 1. The molecule has 4 heterocycles. The van der Waals surface area contributed by atoms with Gasteiger partial charge in [-0.1, -0.05) is 12.1 Å². The first kappa shape index (κ1) is 22.6. The Bertz CT molecular complexity index is 1090. The van der Waals surface area contributed by atoms with Crippen molar-refractivity contribution in [2.75, 3.05) is 56.2 Å². The van der Waals surface area contributed by atoms with E-state index in [2.05, 4.69) is 48.5 Å². The summed E-state index contributed by atoms with van der Waals surface area (Å²) < 4.78 is 5.47. The summed E-state index contributed by atoms with van der Waals surface area (Å²) in [4.78, 5) is 22.6. The Hall–Kier alpha value is -3.23. The van der Waals surface area contributed by atoms with Crippen LogP contribution in [0.5, 0.6) is 0 Å². The predicted molar refractivity (Wildman–Crippen MR) is 133 cm³/mol. The van der Waals surface area contributed by atoms with E-state index < -0.39 is 0 Å². The number of nitrogens with zero attached hydrogens (tertiary/aromatic N) is 4. The van der Waals surface area contributed by atoms with E-state index in [1.807, 2.05) is 12.1 Å². The Morgan fingerprint density at radius 2 is 1.91 bits per heavy atom. The number of ether oxygens (including phenoxy) is 1. The first-order valence-corrected chi connectivity index (χ1v) is 12.2. The molecule has 1 aromatic carbocycles. The molecule has 8 heteroatoms. The number of piperidine rings is 1. The lowest BCUT2D eigenvalue weighted by Gasteiger charge is -2.31. The van der Waals surface area contributed by atoms with E-state index in [1.54, 1.807) is 18.5 Å². The molecule has 2 fully saturated rings. The van der Waals surface area contributed by atoms with Gasteiger partial charge in [0.25, 0.3) is 5.91 Å². The molecule has 0 saturated carbocycles. The molecule has 2 aliphatic heterocycles. The van der Waals surface area contributed by atoms with Gasteiger partial charge in [0.2, 0.25) is 0 Å². The zero-order valence-corrected chi connectivity index (χ0v) is 19.5. The molecule has 178 valence electrons. The number of rotatable bonds is 7. The molecular weight excluding hydrogens is 428 g/mol. The highest BCUT2D eigenvalue weighted by molar-refractivity contribution is 6.05. The van der Waals surface area contributed by atoms with Crippen molar-refractivity contribution in [2.45, 2.75) is 25.7 Å². The largest absolute Gasteiger partial charge is 0.379 e. The Kier molecular flexibility index (Phi) is 7.16. The number of hydrogen-bond donors (Lipinski definition) is 2. The van der Waals surface area contributed by atoms with E-state index in [1.165, 1.54) is 24.8 Å². The molecule has 5 rings (SSSR count). The van der Waals surface area contributed by atoms with Crippen molar-refractivity contribution in [3.8, 4) is 11.3 Å². The second-order valence-corrected chi connectivity index (χ2v) is 8.95. The quantitative estimate of drug-likeness (QED) is 0.560. The Balaban J connectivity index is 1.36. The second-order valence-electron chi connectivity index (χ2n) is 8.95. The number of amides is 1. The third-order valence-electron chi connectivity index (χ3n) is 6.60. The van der Waals surface area contributed by atoms with Gasteiger partial charge in [0.05, 0.1) is 36.5 Å². The van der Waals surface area contributed by atoms with Gasteiger partial charge in [0.1, 0.15) is 5.69 Å². The number of carbonyl (C=O) groups excluding carboxylic acids is 1. The SMILES string of the molecule is O=C(Nc1cc(CCN2CCOCC2)ccc1N1CCCCC1)c1cccc(-c2cn[nH]c2)n1. The summed E-state index contributed by atoms with van der Waals surface area (Å²) in [6, 6.07) is 12.0. The van der Waals surface area contributed by atoms with Crippen LogP contribution in [0.4, 0.5) is 11.4 Å². The van der Waals surface area contributed by atoms with Gasteiger partial charge in [-0.2, -0.15) is 5.10 Å². The molecule has 0 spiro atoms. The van der Waals surface area contributed by atoms with E-state index in [9.17, 15) is 4.79 Å². The van der Waals surface area contributed by atoms with Crippen molar-refractivity contribution in [3.63, 3.8) is 0 Å². The Morgan fingerprint density at radius 3 is 2.71 bits per heavy atom. The Labute approximate surface area is 200 Å². The fraction of sp³-hybridized carbons (Fsp3) is 0.423. The van der Waals surface area contributed by atoms with Gasteiger partial charge in [0.15, 0.2) is 0 Å². The van der Waals surface area contributed by atoms with Crippen LogP contribution in [-0.4, -0.2) is 71.9 Å². The van der Waals surface area contributed by atoms with Crippen molar-refractivity contribution < 1.29 is 9.53 Å². The normalized spacial score (nSPS) is 17.0. The van der Waals surface area contributed by atoms with Crippen LogP contribution < -0.4 is 10.2 Å². The molecule has 2 N–H and O–H groups in total. The number of aromatic nitrogens is 3. The highest BCUT2D eigenvalue weighted by Crippen LogP contribution is 2.30. The fourth-order valence-corrected chi connectivity index (χ4v) is 4.66. The molecule has 8 nitrogen and oxygen atoms in total. The van der Waals surface area contributed by atoms with Crippen molar-refractivity contribution in [2.24, 2.45) is 0 Å². The summed E-state index contributed by atoms with van der Waals surface area (Å²) in [5.74, 6) is -0.200. The number of pyridine rings is 1. The van der Waals surface area contributed by atoms with Crippen LogP contribution in [0, 0.1) is 0 Å². The average Bonchev–Trinajstić information content (AvgIpc) is 3.44. The molecular formula is C26H32N6O2. The number of benzene rings is 1. The van der Waals surface area contributed by atoms with Gasteiger partial charge in [-0.05, 0) is 55.5 Å². The molecule has 0 bridgehead atoms. The minimum Gasteiger partial charge on any atom is -0.379 e. The van der Waals surface area contributed by atoms with Gasteiger partial charge in [-0.15, -0.1) is 0 Å². The van der Waals surface area contributed by atoms with Crippen LogP contribution in [0.2, 0.25) is 0 Å². The topological polar surface area (TPSA) is 86.4 Å². The van der Waals surface area contributed by atoms with Gasteiger partial charge in [0, 0.05) is 44.5 Å². The summed E-state index contributed by atoms with van der Waals surface area (Å²) in [7, 11) is 0. The molecule has 0 aliphatic carbocycles.